The Kier molecular flexibility index (Phi) is 7.63. The van der Waals surface area contributed by atoms with Crippen LogP contribution in [0.3, 0.4) is 0 Å². The molecule has 1 amide bonds. The van der Waals surface area contributed by atoms with E-state index in [0.29, 0.717) is 35.7 Å². The van der Waals surface area contributed by atoms with Crippen LogP contribution in [0.25, 0.3) is 22.2 Å². The molecule has 0 bridgehead atoms. The standard InChI is InChI=1S/C30H35N11O2/c1-18-12-32-29(36-25-11-19(2)40(5)38-25)37-27(18)23-15-31-28-22(23)7-6-8-24(28)35-26(42)17-41-10-9-20(16-41)43-21-13-33-30(34-14-21)39(3)4/h6-8,11-15,20,31H,9-10,16-17H2,1-5H3,(H,35,42)(H,32,36,37,38). The van der Waals surface area contributed by atoms with Gasteiger partial charge in [0.25, 0.3) is 0 Å². The van der Waals surface area contributed by atoms with Crippen molar-refractivity contribution < 1.29 is 9.53 Å². The van der Waals surface area contributed by atoms with Crippen molar-refractivity contribution >= 4 is 40.2 Å². The van der Waals surface area contributed by atoms with Crippen LogP contribution in [0.5, 0.6) is 5.75 Å². The number of carbonyl (C=O) groups is 1. The van der Waals surface area contributed by atoms with Crippen molar-refractivity contribution in [3.8, 4) is 17.0 Å². The number of fused-ring (bicyclic) bond motifs is 1. The Morgan fingerprint density at radius 3 is 2.72 bits per heavy atom. The summed E-state index contributed by atoms with van der Waals surface area (Å²) < 4.78 is 7.85. The van der Waals surface area contributed by atoms with Crippen LogP contribution >= 0.6 is 0 Å². The zero-order valence-corrected chi connectivity index (χ0v) is 24.9. The van der Waals surface area contributed by atoms with Gasteiger partial charge in [0.05, 0.1) is 35.8 Å². The quantitative estimate of drug-likeness (QED) is 0.236. The van der Waals surface area contributed by atoms with E-state index in [0.717, 1.165) is 46.4 Å². The third kappa shape index (κ3) is 6.11. The monoisotopic (exact) mass is 581 g/mol. The first-order valence-electron chi connectivity index (χ1n) is 14.1. The van der Waals surface area contributed by atoms with Gasteiger partial charge in [-0.2, -0.15) is 5.10 Å². The second-order valence-corrected chi connectivity index (χ2v) is 11.0. The van der Waals surface area contributed by atoms with E-state index in [1.165, 1.54) is 0 Å². The maximum absolute atomic E-state index is 13.1. The van der Waals surface area contributed by atoms with Crippen molar-refractivity contribution in [2.75, 3.05) is 49.3 Å². The Morgan fingerprint density at radius 1 is 1.16 bits per heavy atom. The number of aromatic amines is 1. The molecule has 43 heavy (non-hydrogen) atoms. The van der Waals surface area contributed by atoms with Crippen molar-refractivity contribution in [2.45, 2.75) is 26.4 Å². The van der Waals surface area contributed by atoms with E-state index in [1.807, 2.05) is 70.4 Å². The van der Waals surface area contributed by atoms with E-state index < -0.39 is 0 Å². The summed E-state index contributed by atoms with van der Waals surface area (Å²) in [6.07, 6.45) is 7.89. The molecule has 1 aromatic carbocycles. The highest BCUT2D eigenvalue weighted by Gasteiger charge is 2.26. The maximum Gasteiger partial charge on any atom is 0.238 e. The molecular formula is C30H35N11O2. The van der Waals surface area contributed by atoms with E-state index in [1.54, 1.807) is 23.3 Å². The molecule has 222 valence electrons. The van der Waals surface area contributed by atoms with Crippen LogP contribution in [0.2, 0.25) is 0 Å². The summed E-state index contributed by atoms with van der Waals surface area (Å²) in [5.74, 6) is 2.32. The topological polar surface area (TPSA) is 142 Å². The lowest BCUT2D eigenvalue weighted by molar-refractivity contribution is -0.117. The summed E-state index contributed by atoms with van der Waals surface area (Å²) in [5, 5.41) is 11.7. The predicted octanol–water partition coefficient (Wildman–Crippen LogP) is 3.67. The van der Waals surface area contributed by atoms with Gasteiger partial charge in [0, 0.05) is 69.3 Å². The second kappa shape index (κ2) is 11.7. The number of benzene rings is 1. The Hall–Kier alpha value is -5.04. The number of aromatic nitrogens is 7. The normalized spacial score (nSPS) is 15.1. The molecule has 1 atom stereocenters. The summed E-state index contributed by atoms with van der Waals surface area (Å²) in [6, 6.07) is 7.80. The van der Waals surface area contributed by atoms with E-state index in [9.17, 15) is 4.79 Å². The summed E-state index contributed by atoms with van der Waals surface area (Å²) in [7, 11) is 5.68. The van der Waals surface area contributed by atoms with Gasteiger partial charge >= 0.3 is 0 Å². The van der Waals surface area contributed by atoms with Gasteiger partial charge in [-0.1, -0.05) is 12.1 Å². The number of ether oxygens (including phenoxy) is 1. The number of H-pyrrole nitrogens is 1. The van der Waals surface area contributed by atoms with E-state index in [4.69, 9.17) is 9.72 Å². The fourth-order valence-electron chi connectivity index (χ4n) is 5.19. The van der Waals surface area contributed by atoms with Crippen LogP contribution in [0, 0.1) is 13.8 Å². The van der Waals surface area contributed by atoms with E-state index in [-0.39, 0.29) is 18.6 Å². The van der Waals surface area contributed by atoms with Gasteiger partial charge in [-0.25, -0.2) is 19.9 Å². The lowest BCUT2D eigenvalue weighted by atomic mass is 10.1. The third-order valence-electron chi connectivity index (χ3n) is 7.48. The highest BCUT2D eigenvalue weighted by atomic mass is 16.5. The first kappa shape index (κ1) is 28.1. The smallest absolute Gasteiger partial charge is 0.238 e. The fraction of sp³-hybridized carbons (Fsp3) is 0.333. The van der Waals surface area contributed by atoms with Gasteiger partial charge in [0.2, 0.25) is 17.8 Å². The molecule has 4 aromatic heterocycles. The summed E-state index contributed by atoms with van der Waals surface area (Å²) >= 11 is 0. The molecule has 1 unspecified atom stereocenters. The van der Waals surface area contributed by atoms with Crippen molar-refractivity contribution in [1.82, 2.24) is 39.6 Å². The molecule has 1 fully saturated rings. The molecule has 0 aliphatic carbocycles. The van der Waals surface area contributed by atoms with Crippen LogP contribution in [0.1, 0.15) is 17.7 Å². The van der Waals surface area contributed by atoms with Gasteiger partial charge in [-0.05, 0) is 31.9 Å². The Labute approximate surface area is 249 Å². The Bertz CT molecular complexity index is 1740. The number of carbonyl (C=O) groups excluding carboxylic acids is 1. The van der Waals surface area contributed by atoms with Crippen LogP contribution in [-0.2, 0) is 11.8 Å². The molecule has 0 saturated carbocycles. The largest absolute Gasteiger partial charge is 0.486 e. The Balaban J connectivity index is 1.11. The molecule has 13 nitrogen and oxygen atoms in total. The number of anilines is 4. The van der Waals surface area contributed by atoms with Crippen LogP contribution < -0.4 is 20.3 Å². The molecule has 1 saturated heterocycles. The van der Waals surface area contributed by atoms with Gasteiger partial charge in [0.1, 0.15) is 6.10 Å². The van der Waals surface area contributed by atoms with Crippen molar-refractivity contribution in [2.24, 2.45) is 7.05 Å². The summed E-state index contributed by atoms with van der Waals surface area (Å²) in [4.78, 5) is 38.2. The summed E-state index contributed by atoms with van der Waals surface area (Å²) in [5.41, 5.74) is 5.23. The lowest BCUT2D eigenvalue weighted by Gasteiger charge is -2.17. The highest BCUT2D eigenvalue weighted by Crippen LogP contribution is 2.33. The third-order valence-corrected chi connectivity index (χ3v) is 7.48. The predicted molar refractivity (Wildman–Crippen MR) is 166 cm³/mol. The zero-order chi connectivity index (χ0) is 30.1. The highest BCUT2D eigenvalue weighted by molar-refractivity contribution is 6.06. The van der Waals surface area contributed by atoms with Crippen molar-refractivity contribution in [1.29, 1.82) is 0 Å². The number of rotatable bonds is 9. The molecule has 6 rings (SSSR count). The minimum absolute atomic E-state index is 0.0202. The number of aryl methyl sites for hydroxylation is 3. The number of nitrogens with one attached hydrogen (secondary N) is 3. The molecule has 0 radical (unpaired) electrons. The number of hydrogen-bond donors (Lipinski definition) is 3. The minimum Gasteiger partial charge on any atom is -0.486 e. The zero-order valence-electron chi connectivity index (χ0n) is 24.9. The van der Waals surface area contributed by atoms with Crippen molar-refractivity contribution in [3.63, 3.8) is 0 Å². The van der Waals surface area contributed by atoms with Crippen LogP contribution in [0.15, 0.2) is 49.1 Å². The minimum atomic E-state index is -0.0849. The molecule has 5 aromatic rings. The lowest BCUT2D eigenvalue weighted by Crippen LogP contribution is -2.33. The van der Waals surface area contributed by atoms with E-state index >= 15 is 0 Å². The maximum atomic E-state index is 13.1. The average Bonchev–Trinajstić information content (AvgIpc) is 3.69. The molecule has 5 heterocycles. The summed E-state index contributed by atoms with van der Waals surface area (Å²) in [6.45, 7) is 5.66. The molecule has 13 heteroatoms. The molecule has 3 N–H and O–H groups in total. The Morgan fingerprint density at radius 2 is 1.98 bits per heavy atom. The molecule has 1 aliphatic heterocycles. The number of hydrogen-bond acceptors (Lipinski definition) is 10. The van der Waals surface area contributed by atoms with Gasteiger partial charge < -0.3 is 25.3 Å². The molecule has 0 spiro atoms. The number of amides is 1. The number of para-hydroxylation sites is 1. The van der Waals surface area contributed by atoms with E-state index in [2.05, 4.69) is 40.6 Å². The SMILES string of the molecule is Cc1cnc(Nc2cc(C)n(C)n2)nc1-c1c[nH]c2c(NC(=O)CN3CCC(Oc4cnc(N(C)C)nc4)C3)cccc12. The first-order chi connectivity index (χ1) is 20.7. The number of likely N-dealkylation sites (tertiary alicyclic amines) is 1. The van der Waals surface area contributed by atoms with Crippen LogP contribution in [0.4, 0.5) is 23.4 Å². The average molecular weight is 582 g/mol. The van der Waals surface area contributed by atoms with Gasteiger partial charge in [-0.15, -0.1) is 0 Å². The first-order valence-corrected chi connectivity index (χ1v) is 14.1. The van der Waals surface area contributed by atoms with Gasteiger partial charge in [-0.3, -0.25) is 14.4 Å². The number of nitrogens with zero attached hydrogens (tertiary/aromatic N) is 8. The molecule has 1 aliphatic rings. The van der Waals surface area contributed by atoms with Crippen LogP contribution in [-0.4, -0.2) is 85.3 Å². The fourth-order valence-corrected chi connectivity index (χ4v) is 5.19. The molecular weight excluding hydrogens is 546 g/mol. The van der Waals surface area contributed by atoms with Crippen molar-refractivity contribution in [3.05, 3.63) is 60.3 Å². The second-order valence-electron chi connectivity index (χ2n) is 11.0. The van der Waals surface area contributed by atoms with Gasteiger partial charge in [0.15, 0.2) is 11.6 Å².